The van der Waals surface area contributed by atoms with Gasteiger partial charge in [0.05, 0.1) is 34.2 Å². The molecule has 1 aliphatic rings. The van der Waals surface area contributed by atoms with Crippen molar-refractivity contribution >= 4 is 57.3 Å². The van der Waals surface area contributed by atoms with Gasteiger partial charge in [-0.1, -0.05) is 138 Å². The topological polar surface area (TPSA) is 94.5 Å². The SMILES string of the molecule is CCCCCCCCCCCCCCN(C(=O)OC1=NN(c2ccccc2)CC1)c1cccc2c(O)c(C(=O)Nc3ccccc3Cl)ccc12. The molecule has 1 aliphatic heterocycles. The summed E-state index contributed by atoms with van der Waals surface area (Å²) >= 11 is 6.25. The van der Waals surface area contributed by atoms with Gasteiger partial charge in [0, 0.05) is 23.7 Å². The van der Waals surface area contributed by atoms with E-state index in [0.717, 1.165) is 24.9 Å². The number of para-hydroxylation sites is 2. The molecule has 8 nitrogen and oxygen atoms in total. The Labute approximate surface area is 301 Å². The van der Waals surface area contributed by atoms with E-state index in [1.165, 1.54) is 57.8 Å². The predicted octanol–water partition coefficient (Wildman–Crippen LogP) is 11.3. The summed E-state index contributed by atoms with van der Waals surface area (Å²) in [7, 11) is 0. The minimum absolute atomic E-state index is 0.103. The van der Waals surface area contributed by atoms with Crippen LogP contribution in [0.4, 0.5) is 21.9 Å². The number of hydrogen-bond acceptors (Lipinski definition) is 6. The quantitative estimate of drug-likeness (QED) is 0.107. The highest BCUT2D eigenvalue weighted by Gasteiger charge is 2.26. The molecule has 50 heavy (non-hydrogen) atoms. The molecule has 0 aromatic heterocycles. The number of anilines is 3. The smallest absolute Gasteiger partial charge is 0.420 e. The van der Waals surface area contributed by atoms with E-state index >= 15 is 0 Å². The van der Waals surface area contributed by atoms with Gasteiger partial charge >= 0.3 is 6.09 Å². The molecule has 0 bridgehead atoms. The Morgan fingerprint density at radius 1 is 0.800 bits per heavy atom. The van der Waals surface area contributed by atoms with E-state index in [4.69, 9.17) is 16.3 Å². The van der Waals surface area contributed by atoms with E-state index in [1.807, 2.05) is 41.4 Å². The van der Waals surface area contributed by atoms with Crippen LogP contribution in [0, 0.1) is 0 Å². The summed E-state index contributed by atoms with van der Waals surface area (Å²) in [5, 5.41) is 22.0. The number of fused-ring (bicyclic) bond motifs is 1. The number of phenolic OH excluding ortho intramolecular Hbond substituents is 1. The largest absolute Gasteiger partial charge is 0.506 e. The first-order valence-corrected chi connectivity index (χ1v) is 18.5. The molecule has 0 saturated carbocycles. The van der Waals surface area contributed by atoms with Crippen LogP contribution in [0.1, 0.15) is 101 Å². The zero-order valence-electron chi connectivity index (χ0n) is 29.1. The third-order valence-corrected chi connectivity index (χ3v) is 9.48. The summed E-state index contributed by atoms with van der Waals surface area (Å²) in [5.41, 5.74) is 2.09. The van der Waals surface area contributed by atoms with Gasteiger partial charge in [-0.2, -0.15) is 0 Å². The van der Waals surface area contributed by atoms with Crippen molar-refractivity contribution in [3.63, 3.8) is 0 Å². The Morgan fingerprint density at radius 2 is 1.46 bits per heavy atom. The number of ether oxygens (including phenoxy) is 1. The predicted molar refractivity (Wildman–Crippen MR) is 206 cm³/mol. The number of carbonyl (C=O) groups excluding carboxylic acids is 2. The highest BCUT2D eigenvalue weighted by atomic mass is 35.5. The molecule has 2 amide bonds. The average Bonchev–Trinajstić information content (AvgIpc) is 3.60. The van der Waals surface area contributed by atoms with Gasteiger partial charge in [0.2, 0.25) is 5.90 Å². The fraction of sp³-hybridized carbons (Fsp3) is 0.390. The van der Waals surface area contributed by atoms with E-state index in [2.05, 4.69) is 17.3 Å². The molecule has 4 aromatic rings. The highest BCUT2D eigenvalue weighted by Crippen LogP contribution is 2.36. The second kappa shape index (κ2) is 19.0. The van der Waals surface area contributed by atoms with Crippen LogP contribution in [0.2, 0.25) is 5.02 Å². The monoisotopic (exact) mass is 696 g/mol. The number of hydrogen-bond donors (Lipinski definition) is 2. The molecule has 0 aliphatic carbocycles. The lowest BCUT2D eigenvalue weighted by molar-refractivity contribution is 0.102. The molecule has 9 heteroatoms. The van der Waals surface area contributed by atoms with Crippen LogP contribution in [-0.2, 0) is 4.74 Å². The van der Waals surface area contributed by atoms with Crippen LogP contribution in [0.15, 0.2) is 90.0 Å². The van der Waals surface area contributed by atoms with Gasteiger partial charge in [-0.05, 0) is 42.8 Å². The number of hydrazone groups is 1. The number of rotatable bonds is 17. The number of benzene rings is 4. The Kier molecular flexibility index (Phi) is 13.9. The molecule has 264 valence electrons. The molecule has 0 spiro atoms. The third-order valence-electron chi connectivity index (χ3n) is 9.15. The van der Waals surface area contributed by atoms with Gasteiger partial charge in [0.1, 0.15) is 5.75 Å². The molecular formula is C41H49ClN4O4. The molecule has 0 saturated heterocycles. The summed E-state index contributed by atoms with van der Waals surface area (Å²) in [6.07, 6.45) is 14.6. The Bertz CT molecular complexity index is 1750. The maximum atomic E-state index is 13.9. The van der Waals surface area contributed by atoms with Crippen molar-refractivity contribution in [1.29, 1.82) is 0 Å². The Morgan fingerprint density at radius 3 is 2.16 bits per heavy atom. The number of phenols is 1. The standard InChI is InChI=1S/C41H49ClN4O4/c1-2-3-4-5-6-7-8-9-10-11-12-18-29-45(41(49)50-38-28-30-46(44-38)31-20-14-13-15-21-31)37-25-19-22-33-32(37)26-27-34(39(33)47)40(48)43-36-24-17-16-23-35(36)42/h13-17,19-27,47H,2-12,18,28-30H2,1H3,(H,43,48). The van der Waals surface area contributed by atoms with Gasteiger partial charge in [0.15, 0.2) is 0 Å². The maximum Gasteiger partial charge on any atom is 0.420 e. The van der Waals surface area contributed by atoms with Crippen LogP contribution in [-0.4, -0.2) is 36.1 Å². The van der Waals surface area contributed by atoms with Crippen LogP contribution < -0.4 is 15.2 Å². The van der Waals surface area contributed by atoms with Crippen LogP contribution in [0.3, 0.4) is 0 Å². The Balaban J connectivity index is 1.28. The summed E-state index contributed by atoms with van der Waals surface area (Å²) in [5.74, 6) is -0.302. The van der Waals surface area contributed by atoms with Gasteiger partial charge in [-0.25, -0.2) is 4.79 Å². The summed E-state index contributed by atoms with van der Waals surface area (Å²) < 4.78 is 5.91. The minimum atomic E-state index is -0.519. The van der Waals surface area contributed by atoms with Crippen molar-refractivity contribution in [2.24, 2.45) is 5.10 Å². The van der Waals surface area contributed by atoms with Crippen LogP contribution in [0.5, 0.6) is 5.75 Å². The van der Waals surface area contributed by atoms with Gasteiger partial charge in [-0.15, -0.1) is 5.10 Å². The van der Waals surface area contributed by atoms with Crippen molar-refractivity contribution in [3.05, 3.63) is 95.5 Å². The fourth-order valence-corrected chi connectivity index (χ4v) is 6.55. The van der Waals surface area contributed by atoms with Crippen molar-refractivity contribution in [2.75, 3.05) is 28.3 Å². The zero-order chi connectivity index (χ0) is 35.1. The molecule has 0 fully saturated rings. The van der Waals surface area contributed by atoms with E-state index in [9.17, 15) is 14.7 Å². The van der Waals surface area contributed by atoms with E-state index in [-0.39, 0.29) is 11.3 Å². The molecule has 0 radical (unpaired) electrons. The molecule has 1 heterocycles. The summed E-state index contributed by atoms with van der Waals surface area (Å²) in [6, 6.07) is 25.4. The first-order valence-electron chi connectivity index (χ1n) is 18.2. The number of carbonyl (C=O) groups is 2. The van der Waals surface area contributed by atoms with Crippen molar-refractivity contribution in [3.8, 4) is 5.75 Å². The molecule has 5 rings (SSSR count). The van der Waals surface area contributed by atoms with E-state index in [0.29, 0.717) is 52.6 Å². The van der Waals surface area contributed by atoms with Crippen molar-refractivity contribution < 1.29 is 19.4 Å². The second-order valence-electron chi connectivity index (χ2n) is 12.9. The van der Waals surface area contributed by atoms with Crippen molar-refractivity contribution in [1.82, 2.24) is 0 Å². The van der Waals surface area contributed by atoms with E-state index < -0.39 is 12.0 Å². The number of amides is 2. The first kappa shape index (κ1) is 36.7. The summed E-state index contributed by atoms with van der Waals surface area (Å²) in [6.45, 7) is 3.31. The lowest BCUT2D eigenvalue weighted by atomic mass is 10.0. The summed E-state index contributed by atoms with van der Waals surface area (Å²) in [4.78, 5) is 28.7. The number of unbranched alkanes of at least 4 members (excludes halogenated alkanes) is 11. The van der Waals surface area contributed by atoms with Gasteiger partial charge in [-0.3, -0.25) is 14.7 Å². The van der Waals surface area contributed by atoms with Crippen LogP contribution >= 0.6 is 11.6 Å². The first-order chi connectivity index (χ1) is 24.5. The molecule has 0 atom stereocenters. The maximum absolute atomic E-state index is 13.9. The van der Waals surface area contributed by atoms with E-state index in [1.54, 1.807) is 53.4 Å². The molecule has 2 N–H and O–H groups in total. The third kappa shape index (κ3) is 10.0. The highest BCUT2D eigenvalue weighted by molar-refractivity contribution is 6.34. The minimum Gasteiger partial charge on any atom is -0.506 e. The number of aromatic hydroxyl groups is 1. The van der Waals surface area contributed by atoms with Crippen LogP contribution in [0.25, 0.3) is 10.8 Å². The number of nitrogens with one attached hydrogen (secondary N) is 1. The second-order valence-corrected chi connectivity index (χ2v) is 13.3. The molecule has 4 aromatic carbocycles. The van der Waals surface area contributed by atoms with Gasteiger partial charge in [0.25, 0.3) is 5.91 Å². The lowest BCUT2D eigenvalue weighted by Crippen LogP contribution is -2.34. The van der Waals surface area contributed by atoms with Gasteiger partial charge < -0.3 is 15.2 Å². The lowest BCUT2D eigenvalue weighted by Gasteiger charge is -2.24. The fourth-order valence-electron chi connectivity index (χ4n) is 6.37. The molecular weight excluding hydrogens is 648 g/mol. The molecule has 0 unspecified atom stereocenters. The number of halogens is 1. The average molecular weight is 697 g/mol. The zero-order valence-corrected chi connectivity index (χ0v) is 29.8. The Hall–Kier alpha value is -4.56. The van der Waals surface area contributed by atoms with Crippen molar-refractivity contribution in [2.45, 2.75) is 90.4 Å². The number of nitrogens with zero attached hydrogens (tertiary/aromatic N) is 3. The normalized spacial score (nSPS) is 12.6.